The Hall–Kier alpha value is -2.90. The molecule has 0 aliphatic heterocycles. The van der Waals surface area contributed by atoms with Gasteiger partial charge in [0.15, 0.2) is 0 Å². The molecule has 0 saturated heterocycles. The molecule has 0 fully saturated rings. The van der Waals surface area contributed by atoms with Gasteiger partial charge in [-0.15, -0.1) is 0 Å². The fraction of sp³-hybridized carbons (Fsp3) is 0. The van der Waals surface area contributed by atoms with E-state index in [9.17, 15) is 0 Å². The van der Waals surface area contributed by atoms with Crippen LogP contribution in [-0.2, 0) is 34.1 Å². The zero-order valence-corrected chi connectivity index (χ0v) is 22.3. The Morgan fingerprint density at radius 1 is 0.514 bits per heavy atom. The number of hydrogen-bond acceptors (Lipinski definition) is 0. The molecular weight excluding hydrogens is 524 g/mol. The van der Waals surface area contributed by atoms with Crippen molar-refractivity contribution in [3.8, 4) is 0 Å². The molecule has 3 heteroatoms. The van der Waals surface area contributed by atoms with Crippen LogP contribution in [-0.4, -0.2) is 8.07 Å². The largest absolute Gasteiger partial charge is 0.999 e. The average molecular weight is 548 g/mol. The first-order chi connectivity index (χ1) is 16.4. The molecule has 0 aliphatic carbocycles. The topological polar surface area (TPSA) is 0 Å². The summed E-state index contributed by atoms with van der Waals surface area (Å²) in [6.45, 7) is 0. The second-order valence-corrected chi connectivity index (χ2v) is 11.2. The van der Waals surface area contributed by atoms with Gasteiger partial charge in [-0.1, -0.05) is 79.1 Å². The normalized spacial score (nSPS) is 9.83. The zero-order chi connectivity index (χ0) is 22.6. The number of rotatable bonds is 4. The standard InChI is InChI=1S/C22H14Si.2C5H5.2Fe/c1-3-11-19(12-4-1)23(21-15-7-8-16-21,22-17-9-10-18-22)20-13-5-2-6-14-20;2*1-2-4-5-3-1;;/h1-8,11-16H;2*1-5H;;/q-6;2*-1;;. The van der Waals surface area contributed by atoms with Gasteiger partial charge in [-0.3, -0.25) is 0 Å². The molecule has 0 atom stereocenters. The minimum atomic E-state index is -2.37. The summed E-state index contributed by atoms with van der Waals surface area (Å²) in [6.07, 6.45) is 0. The average Bonchev–Trinajstić information content (AvgIpc) is 3.72. The van der Waals surface area contributed by atoms with E-state index in [1.165, 1.54) is 15.6 Å². The molecule has 0 saturated carbocycles. The van der Waals surface area contributed by atoms with Crippen LogP contribution in [0, 0.1) is 24.3 Å². The molecule has 0 amide bonds. The Balaban J connectivity index is 0.000000300. The smallest absolute Gasteiger partial charge is 0 e. The quantitative estimate of drug-likeness (QED) is 0.225. The molecule has 6 rings (SSSR count). The summed E-state index contributed by atoms with van der Waals surface area (Å²) in [4.78, 5) is 0. The van der Waals surface area contributed by atoms with Crippen LogP contribution in [0.15, 0.2) is 146 Å². The Labute approximate surface area is 231 Å². The predicted octanol–water partition coefficient (Wildman–Crippen LogP) is 4.51. The van der Waals surface area contributed by atoms with Gasteiger partial charge in [0.1, 0.15) is 0 Å². The van der Waals surface area contributed by atoms with Crippen LogP contribution in [0.5, 0.6) is 0 Å². The zero-order valence-electron chi connectivity index (χ0n) is 19.1. The molecule has 0 unspecified atom stereocenters. The van der Waals surface area contributed by atoms with E-state index in [1.807, 2.05) is 60.7 Å². The second kappa shape index (κ2) is 15.2. The van der Waals surface area contributed by atoms with Gasteiger partial charge in [-0.05, 0) is 0 Å². The van der Waals surface area contributed by atoms with Gasteiger partial charge in [0.2, 0.25) is 0 Å². The van der Waals surface area contributed by atoms with E-state index in [0.717, 1.165) is 5.19 Å². The third-order valence-corrected chi connectivity index (χ3v) is 10.0. The fourth-order valence-corrected chi connectivity index (χ4v) is 8.42. The van der Waals surface area contributed by atoms with Crippen LogP contribution in [0.3, 0.4) is 0 Å². The first-order valence-electron chi connectivity index (χ1n) is 11.0. The molecule has 0 bridgehead atoms. The monoisotopic (exact) mass is 548 g/mol. The van der Waals surface area contributed by atoms with Crippen molar-refractivity contribution in [3.63, 3.8) is 0 Å². The summed E-state index contributed by atoms with van der Waals surface area (Å²) in [7, 11) is -2.37. The maximum Gasteiger partial charge on any atom is 0 e. The van der Waals surface area contributed by atoms with E-state index >= 15 is 0 Å². The number of hydrogen-bond donors (Lipinski definition) is 0. The van der Waals surface area contributed by atoms with Crippen molar-refractivity contribution in [3.05, 3.63) is 170 Å². The molecule has 0 nitrogen and oxygen atoms in total. The van der Waals surface area contributed by atoms with Crippen molar-refractivity contribution in [1.29, 1.82) is 0 Å². The van der Waals surface area contributed by atoms with Crippen LogP contribution in [0.25, 0.3) is 0 Å². The maximum atomic E-state index is 3.29. The van der Waals surface area contributed by atoms with E-state index in [1.54, 1.807) is 0 Å². The minimum Gasteiger partial charge on any atom is -0.999 e. The van der Waals surface area contributed by atoms with Crippen molar-refractivity contribution in [2.24, 2.45) is 0 Å². The van der Waals surface area contributed by atoms with Gasteiger partial charge < -0.3 is 29.5 Å². The molecule has 35 heavy (non-hydrogen) atoms. The third kappa shape index (κ3) is 7.05. The second-order valence-electron chi connectivity index (χ2n) is 7.46. The summed E-state index contributed by atoms with van der Waals surface area (Å²) in [5, 5.41) is 5.09. The maximum absolute atomic E-state index is 3.29. The van der Waals surface area contributed by atoms with E-state index in [-0.39, 0.29) is 34.1 Å². The third-order valence-electron chi connectivity index (χ3n) is 5.43. The molecule has 0 spiro atoms. The van der Waals surface area contributed by atoms with Crippen molar-refractivity contribution in [2.75, 3.05) is 0 Å². The molecule has 0 aromatic heterocycles. The van der Waals surface area contributed by atoms with Crippen LogP contribution in [0.2, 0.25) is 0 Å². The first-order valence-corrected chi connectivity index (χ1v) is 13.0. The fourth-order valence-electron chi connectivity index (χ4n) is 3.98. The van der Waals surface area contributed by atoms with Gasteiger partial charge in [0.25, 0.3) is 0 Å². The summed E-state index contributed by atoms with van der Waals surface area (Å²) in [6, 6.07) is 62.6. The van der Waals surface area contributed by atoms with Crippen molar-refractivity contribution < 1.29 is 34.1 Å². The summed E-state index contributed by atoms with van der Waals surface area (Å²) in [5.74, 6) is 0. The molecule has 0 N–H and O–H groups in total. The van der Waals surface area contributed by atoms with Gasteiger partial charge >= 0.3 is 0 Å². The summed E-state index contributed by atoms with van der Waals surface area (Å²) < 4.78 is 0. The van der Waals surface area contributed by atoms with Crippen molar-refractivity contribution in [2.45, 2.75) is 0 Å². The van der Waals surface area contributed by atoms with Crippen LogP contribution < -0.4 is 20.7 Å². The molecule has 0 aliphatic rings. The Bertz CT molecular complexity index is 1080. The predicted molar refractivity (Wildman–Crippen MR) is 141 cm³/mol. The van der Waals surface area contributed by atoms with E-state index in [0.29, 0.717) is 0 Å². The SMILES string of the molecule is [Fe].[Fe].[c-]1[c-][c-][c-]([Si](c2ccccc2)(c2ccccc2)[c-]2cccc2)[c-]1.c1cc[cH-]c1.c1cc[cH-]c1. The first kappa shape index (κ1) is 28.3. The van der Waals surface area contributed by atoms with Gasteiger partial charge in [0.05, 0.1) is 0 Å². The summed E-state index contributed by atoms with van der Waals surface area (Å²) >= 11 is 0. The van der Waals surface area contributed by atoms with Crippen molar-refractivity contribution >= 4 is 28.8 Å². The molecule has 0 heterocycles. The minimum absolute atomic E-state index is 0. The molecular formula is C32H24Fe2Si-8. The van der Waals surface area contributed by atoms with Crippen LogP contribution in [0.1, 0.15) is 0 Å². The van der Waals surface area contributed by atoms with Crippen molar-refractivity contribution in [1.82, 2.24) is 0 Å². The number of benzene rings is 2. The van der Waals surface area contributed by atoms with Gasteiger partial charge in [-0.2, -0.15) is 53.7 Å². The van der Waals surface area contributed by atoms with Crippen LogP contribution in [0.4, 0.5) is 0 Å². The molecule has 6 aromatic rings. The van der Waals surface area contributed by atoms with Crippen LogP contribution >= 0.6 is 0 Å². The molecule has 6 aromatic carbocycles. The van der Waals surface area contributed by atoms with Gasteiger partial charge in [-0.25, -0.2) is 36.4 Å². The van der Waals surface area contributed by atoms with E-state index < -0.39 is 8.07 Å². The molecule has 180 valence electrons. The van der Waals surface area contributed by atoms with E-state index in [4.69, 9.17) is 0 Å². The van der Waals surface area contributed by atoms with Gasteiger partial charge in [0, 0.05) is 34.1 Å². The molecule has 0 radical (unpaired) electrons. The Morgan fingerprint density at radius 2 is 0.914 bits per heavy atom. The van der Waals surface area contributed by atoms with E-state index in [2.05, 4.69) is 109 Å². The Kier molecular flexibility index (Phi) is 12.3. The summed E-state index contributed by atoms with van der Waals surface area (Å²) in [5.41, 5.74) is 0. The Morgan fingerprint density at radius 3 is 1.26 bits per heavy atom.